The molecule has 2 aromatic rings. The molecule has 2 rings (SSSR count). The van der Waals surface area contributed by atoms with E-state index in [1.54, 1.807) is 19.0 Å². The Morgan fingerprint density at radius 3 is 2.46 bits per heavy atom. The van der Waals surface area contributed by atoms with Gasteiger partial charge in [0.05, 0.1) is 11.3 Å². The van der Waals surface area contributed by atoms with Gasteiger partial charge in [0.15, 0.2) is 5.69 Å². The zero-order valence-corrected chi connectivity index (χ0v) is 14.1. The van der Waals surface area contributed by atoms with Crippen LogP contribution < -0.4 is 11.2 Å². The number of carbonyl (C=O) groups excluding carboxylic acids is 1. The monoisotopic (exact) mass is 368 g/mol. The number of hydrogen-bond donors (Lipinski definition) is 0. The standard InChI is InChI=1S/C16H15F3N4O3/c1-21(2)8-7-12(24)13-14(25)22(3)15(26)23(20-13)11-6-4-5-10(9-11)16(17,18)19/h4-9H,1-3H3/b8-7+. The van der Waals surface area contributed by atoms with Crippen LogP contribution in [-0.4, -0.2) is 39.1 Å². The van der Waals surface area contributed by atoms with E-state index in [0.717, 1.165) is 25.3 Å². The first-order valence-corrected chi connectivity index (χ1v) is 7.29. The van der Waals surface area contributed by atoms with Crippen LogP contribution in [0.3, 0.4) is 0 Å². The molecular weight excluding hydrogens is 353 g/mol. The number of hydrogen-bond acceptors (Lipinski definition) is 5. The Balaban J connectivity index is 2.67. The van der Waals surface area contributed by atoms with E-state index in [2.05, 4.69) is 5.10 Å². The molecule has 0 fully saturated rings. The van der Waals surface area contributed by atoms with Crippen molar-refractivity contribution in [2.75, 3.05) is 14.1 Å². The highest BCUT2D eigenvalue weighted by molar-refractivity contribution is 6.02. The maximum Gasteiger partial charge on any atom is 0.416 e. The second kappa shape index (κ2) is 6.98. The third kappa shape index (κ3) is 3.90. The van der Waals surface area contributed by atoms with E-state index in [1.807, 2.05) is 0 Å². The third-order valence-corrected chi connectivity index (χ3v) is 3.35. The highest BCUT2D eigenvalue weighted by Crippen LogP contribution is 2.29. The molecule has 0 saturated carbocycles. The Morgan fingerprint density at radius 1 is 1.23 bits per heavy atom. The summed E-state index contributed by atoms with van der Waals surface area (Å²) in [4.78, 5) is 38.1. The summed E-state index contributed by atoms with van der Waals surface area (Å²) in [7, 11) is 4.42. The average Bonchev–Trinajstić information content (AvgIpc) is 2.57. The number of allylic oxidation sites excluding steroid dienone is 1. The zero-order valence-electron chi connectivity index (χ0n) is 14.1. The molecule has 0 aliphatic carbocycles. The number of ketones is 1. The van der Waals surface area contributed by atoms with Crippen LogP contribution >= 0.6 is 0 Å². The highest BCUT2D eigenvalue weighted by atomic mass is 19.4. The lowest BCUT2D eigenvalue weighted by Gasteiger charge is -2.11. The van der Waals surface area contributed by atoms with E-state index in [1.165, 1.54) is 12.3 Å². The predicted molar refractivity (Wildman–Crippen MR) is 87.2 cm³/mol. The van der Waals surface area contributed by atoms with Gasteiger partial charge in [-0.2, -0.15) is 23.0 Å². The van der Waals surface area contributed by atoms with Gasteiger partial charge in [-0.15, -0.1) is 0 Å². The van der Waals surface area contributed by atoms with Crippen molar-refractivity contribution in [1.82, 2.24) is 19.2 Å². The third-order valence-electron chi connectivity index (χ3n) is 3.35. The Morgan fingerprint density at radius 2 is 1.88 bits per heavy atom. The van der Waals surface area contributed by atoms with Crippen molar-refractivity contribution in [1.29, 1.82) is 0 Å². The van der Waals surface area contributed by atoms with Crippen molar-refractivity contribution in [3.05, 3.63) is 68.6 Å². The maximum atomic E-state index is 12.9. The van der Waals surface area contributed by atoms with E-state index < -0.39 is 34.5 Å². The van der Waals surface area contributed by atoms with E-state index in [9.17, 15) is 27.6 Å². The van der Waals surface area contributed by atoms with Gasteiger partial charge in [-0.3, -0.25) is 14.2 Å². The Labute approximate surface area is 145 Å². The number of halogens is 3. The minimum atomic E-state index is -4.62. The van der Waals surface area contributed by atoms with Crippen LogP contribution in [0.5, 0.6) is 0 Å². The first kappa shape index (κ1) is 19.2. The Hall–Kier alpha value is -3.17. The van der Waals surface area contributed by atoms with Crippen molar-refractivity contribution >= 4 is 5.78 Å². The molecule has 0 bridgehead atoms. The first-order valence-electron chi connectivity index (χ1n) is 7.29. The van der Waals surface area contributed by atoms with Crippen molar-refractivity contribution in [2.24, 2.45) is 7.05 Å². The molecule has 0 radical (unpaired) electrons. The molecule has 0 amide bonds. The van der Waals surface area contributed by atoms with E-state index >= 15 is 0 Å². The predicted octanol–water partition coefficient (Wildman–Crippen LogP) is 1.21. The minimum Gasteiger partial charge on any atom is -0.383 e. The van der Waals surface area contributed by atoms with Crippen molar-refractivity contribution in [2.45, 2.75) is 6.18 Å². The molecule has 1 heterocycles. The normalized spacial score (nSPS) is 11.8. The van der Waals surface area contributed by atoms with Crippen molar-refractivity contribution < 1.29 is 18.0 Å². The van der Waals surface area contributed by atoms with E-state index in [4.69, 9.17) is 0 Å². The number of aromatic nitrogens is 3. The van der Waals surface area contributed by atoms with Crippen LogP contribution in [0.2, 0.25) is 0 Å². The molecule has 0 unspecified atom stereocenters. The number of alkyl halides is 3. The van der Waals surface area contributed by atoms with Gasteiger partial charge in [-0.25, -0.2) is 4.79 Å². The van der Waals surface area contributed by atoms with Crippen molar-refractivity contribution in [3.63, 3.8) is 0 Å². The van der Waals surface area contributed by atoms with E-state index in [-0.39, 0.29) is 5.69 Å². The van der Waals surface area contributed by atoms with Crippen LogP contribution in [0.15, 0.2) is 46.1 Å². The minimum absolute atomic E-state index is 0.217. The van der Waals surface area contributed by atoms with Gasteiger partial charge < -0.3 is 4.90 Å². The van der Waals surface area contributed by atoms with Gasteiger partial charge >= 0.3 is 11.9 Å². The lowest BCUT2D eigenvalue weighted by molar-refractivity contribution is -0.137. The SMILES string of the molecule is CN(C)/C=C/C(=O)c1nn(-c2cccc(C(F)(F)F)c2)c(=O)n(C)c1=O. The van der Waals surface area contributed by atoms with Gasteiger partial charge in [-0.1, -0.05) is 6.07 Å². The molecule has 1 aromatic carbocycles. The summed E-state index contributed by atoms with van der Waals surface area (Å²) in [6, 6.07) is 3.87. The highest BCUT2D eigenvalue weighted by Gasteiger charge is 2.30. The average molecular weight is 368 g/mol. The summed E-state index contributed by atoms with van der Waals surface area (Å²) in [6.07, 6.45) is -2.17. The second-order valence-electron chi connectivity index (χ2n) is 5.60. The van der Waals surface area contributed by atoms with Crippen LogP contribution in [0.1, 0.15) is 16.1 Å². The fourth-order valence-electron chi connectivity index (χ4n) is 2.01. The van der Waals surface area contributed by atoms with Gasteiger partial charge in [-0.05, 0) is 18.2 Å². The smallest absolute Gasteiger partial charge is 0.383 e. The molecule has 0 aliphatic heterocycles. The molecule has 0 N–H and O–H groups in total. The number of rotatable bonds is 4. The van der Waals surface area contributed by atoms with E-state index in [0.29, 0.717) is 15.3 Å². The molecule has 10 heteroatoms. The fraction of sp³-hybridized carbons (Fsp3) is 0.250. The Bertz CT molecular complexity index is 987. The summed E-state index contributed by atoms with van der Waals surface area (Å²) in [5, 5.41) is 3.69. The van der Waals surface area contributed by atoms with Crippen LogP contribution in [0.4, 0.5) is 13.2 Å². The number of nitrogens with zero attached hydrogens (tertiary/aromatic N) is 4. The van der Waals surface area contributed by atoms with Crippen LogP contribution in [0.25, 0.3) is 5.69 Å². The van der Waals surface area contributed by atoms with Crippen molar-refractivity contribution in [3.8, 4) is 5.69 Å². The Kier molecular flexibility index (Phi) is 5.15. The van der Waals surface area contributed by atoms with Gasteiger partial charge in [0.25, 0.3) is 5.56 Å². The van der Waals surface area contributed by atoms with Gasteiger partial charge in [0, 0.05) is 33.4 Å². The molecule has 0 saturated heterocycles. The molecule has 138 valence electrons. The van der Waals surface area contributed by atoms with Crippen LogP contribution in [0, 0.1) is 0 Å². The quantitative estimate of drug-likeness (QED) is 0.599. The summed E-state index contributed by atoms with van der Waals surface area (Å²) < 4.78 is 39.8. The molecule has 0 atom stereocenters. The molecule has 0 spiro atoms. The van der Waals surface area contributed by atoms with Gasteiger partial charge in [0.1, 0.15) is 0 Å². The lowest BCUT2D eigenvalue weighted by Crippen LogP contribution is -2.42. The molecule has 1 aromatic heterocycles. The van der Waals surface area contributed by atoms with Gasteiger partial charge in [0.2, 0.25) is 5.78 Å². The molecule has 7 nitrogen and oxygen atoms in total. The lowest BCUT2D eigenvalue weighted by atomic mass is 10.2. The fourth-order valence-corrected chi connectivity index (χ4v) is 2.01. The summed E-state index contributed by atoms with van der Waals surface area (Å²) in [5.41, 5.74) is -3.69. The topological polar surface area (TPSA) is 77.2 Å². The number of carbonyl (C=O) groups is 1. The summed E-state index contributed by atoms with van der Waals surface area (Å²) in [5.74, 6) is -0.778. The summed E-state index contributed by atoms with van der Waals surface area (Å²) in [6.45, 7) is 0. The first-order chi connectivity index (χ1) is 12.0. The number of benzene rings is 1. The molecule has 26 heavy (non-hydrogen) atoms. The molecular formula is C16H15F3N4O3. The zero-order chi connectivity index (χ0) is 19.6. The summed E-state index contributed by atoms with van der Waals surface area (Å²) >= 11 is 0. The molecule has 0 aliphatic rings. The largest absolute Gasteiger partial charge is 0.416 e. The van der Waals surface area contributed by atoms with Crippen LogP contribution in [-0.2, 0) is 13.2 Å². The maximum absolute atomic E-state index is 12.9. The second-order valence-corrected chi connectivity index (χ2v) is 5.60.